The molecule has 0 aliphatic carbocycles. The Hall–Kier alpha value is -1.87. The van der Waals surface area contributed by atoms with E-state index in [1.165, 1.54) is 0 Å². The van der Waals surface area contributed by atoms with Gasteiger partial charge in [-0.05, 0) is 43.7 Å². The van der Waals surface area contributed by atoms with Gasteiger partial charge in [0.05, 0.1) is 5.69 Å². The molecule has 1 aromatic heterocycles. The highest BCUT2D eigenvalue weighted by atomic mass is 16.5. The van der Waals surface area contributed by atoms with E-state index in [0.717, 1.165) is 29.2 Å². The van der Waals surface area contributed by atoms with Gasteiger partial charge in [0, 0.05) is 6.20 Å². The fourth-order valence-electron chi connectivity index (χ4n) is 1.66. The van der Waals surface area contributed by atoms with Crippen LogP contribution in [-0.2, 0) is 6.42 Å². The van der Waals surface area contributed by atoms with Crippen LogP contribution in [0.5, 0.6) is 11.5 Å². The third kappa shape index (κ3) is 2.82. The smallest absolute Gasteiger partial charge is 0.148 e. The minimum absolute atomic E-state index is 0.617. The van der Waals surface area contributed by atoms with E-state index in [1.54, 1.807) is 6.20 Å². The van der Waals surface area contributed by atoms with Crippen LogP contribution in [0, 0.1) is 6.92 Å². The molecule has 0 unspecified atom stereocenters. The number of benzene rings is 1. The molecule has 2 N–H and O–H groups in total. The zero-order valence-corrected chi connectivity index (χ0v) is 9.89. The first-order valence-electron chi connectivity index (χ1n) is 5.68. The lowest BCUT2D eigenvalue weighted by Gasteiger charge is -2.11. The quantitative estimate of drug-likeness (QED) is 0.875. The van der Waals surface area contributed by atoms with E-state index in [2.05, 4.69) is 4.98 Å². The van der Waals surface area contributed by atoms with Crippen molar-refractivity contribution in [2.45, 2.75) is 13.3 Å². The van der Waals surface area contributed by atoms with E-state index in [0.29, 0.717) is 6.54 Å². The Morgan fingerprint density at radius 3 is 2.65 bits per heavy atom. The van der Waals surface area contributed by atoms with Gasteiger partial charge in [-0.15, -0.1) is 0 Å². The SMILES string of the molecule is Cc1ncccc1Oc1ccccc1CCN. The van der Waals surface area contributed by atoms with E-state index in [9.17, 15) is 0 Å². The van der Waals surface area contributed by atoms with Gasteiger partial charge < -0.3 is 10.5 Å². The average molecular weight is 228 g/mol. The third-order valence-corrected chi connectivity index (χ3v) is 2.56. The van der Waals surface area contributed by atoms with Gasteiger partial charge in [0.2, 0.25) is 0 Å². The monoisotopic (exact) mass is 228 g/mol. The lowest BCUT2D eigenvalue weighted by molar-refractivity contribution is 0.469. The van der Waals surface area contributed by atoms with Crippen molar-refractivity contribution in [2.75, 3.05) is 6.54 Å². The summed E-state index contributed by atoms with van der Waals surface area (Å²) in [5.41, 5.74) is 7.59. The van der Waals surface area contributed by atoms with Gasteiger partial charge in [0.25, 0.3) is 0 Å². The summed E-state index contributed by atoms with van der Waals surface area (Å²) in [6.45, 7) is 2.55. The molecule has 1 heterocycles. The van der Waals surface area contributed by atoms with Crippen LogP contribution in [0.1, 0.15) is 11.3 Å². The van der Waals surface area contributed by atoms with Crippen molar-refractivity contribution in [2.24, 2.45) is 5.73 Å². The zero-order chi connectivity index (χ0) is 12.1. The molecule has 2 aromatic rings. The lowest BCUT2D eigenvalue weighted by atomic mass is 10.1. The maximum atomic E-state index is 5.87. The fraction of sp³-hybridized carbons (Fsp3) is 0.214. The predicted octanol–water partition coefficient (Wildman–Crippen LogP) is 2.68. The summed E-state index contributed by atoms with van der Waals surface area (Å²) >= 11 is 0. The maximum Gasteiger partial charge on any atom is 0.148 e. The van der Waals surface area contributed by atoms with E-state index >= 15 is 0 Å². The summed E-state index contributed by atoms with van der Waals surface area (Å²) in [5, 5.41) is 0. The van der Waals surface area contributed by atoms with E-state index < -0.39 is 0 Å². The number of pyridine rings is 1. The molecule has 0 aliphatic rings. The molecule has 2 rings (SSSR count). The molecular weight excluding hydrogens is 212 g/mol. The highest BCUT2D eigenvalue weighted by molar-refractivity contribution is 5.39. The Kier molecular flexibility index (Phi) is 3.73. The number of nitrogens with two attached hydrogens (primary N) is 1. The van der Waals surface area contributed by atoms with Crippen LogP contribution in [0.25, 0.3) is 0 Å². The summed E-state index contributed by atoms with van der Waals surface area (Å²) in [4.78, 5) is 4.20. The molecule has 88 valence electrons. The van der Waals surface area contributed by atoms with E-state index in [4.69, 9.17) is 10.5 Å². The number of aromatic nitrogens is 1. The second-order valence-corrected chi connectivity index (χ2v) is 3.84. The van der Waals surface area contributed by atoms with Crippen LogP contribution in [0.4, 0.5) is 0 Å². The van der Waals surface area contributed by atoms with Crippen LogP contribution in [0.15, 0.2) is 42.6 Å². The Bertz CT molecular complexity index is 497. The largest absolute Gasteiger partial charge is 0.455 e. The lowest BCUT2D eigenvalue weighted by Crippen LogP contribution is -2.04. The van der Waals surface area contributed by atoms with Crippen molar-refractivity contribution in [3.8, 4) is 11.5 Å². The van der Waals surface area contributed by atoms with Gasteiger partial charge in [-0.1, -0.05) is 18.2 Å². The molecule has 0 spiro atoms. The molecule has 0 radical (unpaired) electrons. The number of aryl methyl sites for hydroxylation is 1. The standard InChI is InChI=1S/C14H16N2O/c1-11-13(7-4-10-16-11)17-14-6-3-2-5-12(14)8-9-15/h2-7,10H,8-9,15H2,1H3. The summed E-state index contributed by atoms with van der Waals surface area (Å²) < 4.78 is 5.87. The maximum absolute atomic E-state index is 5.87. The molecule has 0 bridgehead atoms. The van der Waals surface area contributed by atoms with Crippen LogP contribution in [0.3, 0.4) is 0 Å². The third-order valence-electron chi connectivity index (χ3n) is 2.56. The summed E-state index contributed by atoms with van der Waals surface area (Å²) in [6.07, 6.45) is 2.57. The highest BCUT2D eigenvalue weighted by Gasteiger charge is 2.05. The predicted molar refractivity (Wildman–Crippen MR) is 68.2 cm³/mol. The molecule has 0 amide bonds. The molecule has 3 nitrogen and oxygen atoms in total. The second kappa shape index (κ2) is 5.46. The first kappa shape index (κ1) is 11.6. The Morgan fingerprint density at radius 1 is 1.12 bits per heavy atom. The molecule has 0 saturated carbocycles. The number of para-hydroxylation sites is 1. The highest BCUT2D eigenvalue weighted by Crippen LogP contribution is 2.26. The Morgan fingerprint density at radius 2 is 1.88 bits per heavy atom. The van der Waals surface area contributed by atoms with Gasteiger partial charge in [-0.3, -0.25) is 4.98 Å². The van der Waals surface area contributed by atoms with E-state index in [-0.39, 0.29) is 0 Å². The normalized spacial score (nSPS) is 10.2. The Labute approximate surface area is 101 Å². The van der Waals surface area contributed by atoms with Gasteiger partial charge in [0.1, 0.15) is 11.5 Å². The molecule has 0 fully saturated rings. The van der Waals surface area contributed by atoms with E-state index in [1.807, 2.05) is 43.3 Å². The van der Waals surface area contributed by atoms with Crippen LogP contribution >= 0.6 is 0 Å². The molecule has 0 atom stereocenters. The molecule has 3 heteroatoms. The average Bonchev–Trinajstić information content (AvgIpc) is 2.35. The molecule has 1 aromatic carbocycles. The summed E-state index contributed by atoms with van der Waals surface area (Å²) in [7, 11) is 0. The number of rotatable bonds is 4. The molecular formula is C14H16N2O. The van der Waals surface area contributed by atoms with Crippen molar-refractivity contribution in [3.63, 3.8) is 0 Å². The topological polar surface area (TPSA) is 48.1 Å². The van der Waals surface area contributed by atoms with Crippen LogP contribution in [0.2, 0.25) is 0 Å². The first-order valence-corrected chi connectivity index (χ1v) is 5.68. The van der Waals surface area contributed by atoms with Gasteiger partial charge in [0.15, 0.2) is 0 Å². The Balaban J connectivity index is 2.27. The number of ether oxygens (including phenoxy) is 1. The first-order chi connectivity index (χ1) is 8.31. The van der Waals surface area contributed by atoms with Crippen LogP contribution in [-0.4, -0.2) is 11.5 Å². The second-order valence-electron chi connectivity index (χ2n) is 3.84. The van der Waals surface area contributed by atoms with Gasteiger partial charge in [-0.2, -0.15) is 0 Å². The number of nitrogens with zero attached hydrogens (tertiary/aromatic N) is 1. The fourth-order valence-corrected chi connectivity index (χ4v) is 1.66. The number of hydrogen-bond acceptors (Lipinski definition) is 3. The van der Waals surface area contributed by atoms with Gasteiger partial charge in [-0.25, -0.2) is 0 Å². The van der Waals surface area contributed by atoms with Crippen molar-refractivity contribution < 1.29 is 4.74 Å². The molecule has 0 saturated heterocycles. The van der Waals surface area contributed by atoms with Crippen molar-refractivity contribution in [1.82, 2.24) is 4.98 Å². The van der Waals surface area contributed by atoms with Crippen molar-refractivity contribution in [1.29, 1.82) is 0 Å². The van der Waals surface area contributed by atoms with Crippen LogP contribution < -0.4 is 10.5 Å². The zero-order valence-electron chi connectivity index (χ0n) is 9.89. The molecule has 17 heavy (non-hydrogen) atoms. The number of hydrogen-bond donors (Lipinski definition) is 1. The minimum atomic E-state index is 0.617. The summed E-state index contributed by atoms with van der Waals surface area (Å²) in [6, 6.07) is 11.7. The summed E-state index contributed by atoms with van der Waals surface area (Å²) in [5.74, 6) is 1.64. The van der Waals surface area contributed by atoms with Crippen molar-refractivity contribution >= 4 is 0 Å². The molecule has 0 aliphatic heterocycles. The van der Waals surface area contributed by atoms with Crippen molar-refractivity contribution in [3.05, 3.63) is 53.9 Å². The minimum Gasteiger partial charge on any atom is -0.455 e. The van der Waals surface area contributed by atoms with Gasteiger partial charge >= 0.3 is 0 Å².